The van der Waals surface area contributed by atoms with E-state index in [0.29, 0.717) is 80.0 Å². The number of aliphatic hydroxyl groups excluding tert-OH is 2. The number of aliphatic hydroxyl groups is 2. The van der Waals surface area contributed by atoms with Crippen LogP contribution < -0.4 is 21.1 Å². The highest BCUT2D eigenvalue weighted by molar-refractivity contribution is 5.77. The molecular weight excluding hydrogens is 684 g/mol. The summed E-state index contributed by atoms with van der Waals surface area (Å²) in [7, 11) is 0. The summed E-state index contributed by atoms with van der Waals surface area (Å²) in [4.78, 5) is 22.8. The Balaban J connectivity index is 1.22. The highest BCUT2D eigenvalue weighted by atomic mass is 16.5. The predicted octanol–water partition coefficient (Wildman–Crippen LogP) is 2.72. The summed E-state index contributed by atoms with van der Waals surface area (Å²) < 4.78 is 12.6. The molecule has 0 saturated carbocycles. The van der Waals surface area contributed by atoms with Gasteiger partial charge in [0, 0.05) is 70.0 Å². The SMILES string of the molecule is CC(=O)OC1CC(O)CCC2(C#CC3CCCC4CC(CCN4)Oc4cc(c(CO)cc4O)CC31)CNC(N)=NCN1CC3CC(C1)C1CCC2CN1C3. The minimum Gasteiger partial charge on any atom is -0.504 e. The molecule has 54 heavy (non-hydrogen) atoms. The van der Waals surface area contributed by atoms with Crippen LogP contribution in [0, 0.1) is 46.8 Å². The van der Waals surface area contributed by atoms with Crippen LogP contribution in [0.15, 0.2) is 17.1 Å². The molecule has 1 aliphatic carbocycles. The average Bonchev–Trinajstić information content (AvgIpc) is 3.16. The molecule has 12 heteroatoms. The number of aromatic hydroxyl groups is 1. The summed E-state index contributed by atoms with van der Waals surface area (Å²) >= 11 is 0. The number of piperidine rings is 4. The summed E-state index contributed by atoms with van der Waals surface area (Å²) in [6, 6.07) is 4.34. The second-order valence-electron chi connectivity index (χ2n) is 17.8. The summed E-state index contributed by atoms with van der Waals surface area (Å²) in [6.07, 6.45) is 8.58. The molecule has 1 aromatic carbocycles. The van der Waals surface area contributed by atoms with Crippen molar-refractivity contribution in [2.45, 2.75) is 121 Å². The first-order valence-electron chi connectivity index (χ1n) is 20.9. The zero-order chi connectivity index (χ0) is 37.4. The van der Waals surface area contributed by atoms with Crippen molar-refractivity contribution in [3.05, 3.63) is 23.3 Å². The molecule has 1 aromatic rings. The number of hydrogen-bond donors (Lipinski definition) is 6. The van der Waals surface area contributed by atoms with Gasteiger partial charge in [-0.15, -0.1) is 0 Å². The maximum atomic E-state index is 12.7. The molecule has 0 radical (unpaired) electrons. The maximum absolute atomic E-state index is 12.7. The highest BCUT2D eigenvalue weighted by Gasteiger charge is 2.48. The van der Waals surface area contributed by atoms with Crippen LogP contribution >= 0.6 is 0 Å². The molecular formula is C42H62N6O6. The monoisotopic (exact) mass is 746 g/mol. The molecule has 0 amide bonds. The van der Waals surface area contributed by atoms with Gasteiger partial charge >= 0.3 is 5.97 Å². The number of nitrogens with two attached hydrogens (primary N) is 1. The quantitative estimate of drug-likeness (QED) is 0.195. The van der Waals surface area contributed by atoms with Crippen LogP contribution in [0.1, 0.15) is 88.7 Å². The van der Waals surface area contributed by atoms with Gasteiger partial charge in [0.05, 0.1) is 24.8 Å². The number of phenols is 1. The number of esters is 1. The van der Waals surface area contributed by atoms with Crippen molar-refractivity contribution < 1.29 is 29.6 Å². The third-order valence-electron chi connectivity index (χ3n) is 14.2. The lowest BCUT2D eigenvalue weighted by molar-refractivity contribution is -0.152. The number of phenolic OH excluding ortho intramolecular Hbond substituents is 1. The number of fused-ring (bicyclic) bond motifs is 9. The Labute approximate surface area is 320 Å². The molecule has 13 unspecified atom stereocenters. The zero-order valence-corrected chi connectivity index (χ0v) is 32.1. The fourth-order valence-electron chi connectivity index (χ4n) is 11.5. The minimum absolute atomic E-state index is 0.0154. The molecule has 10 bridgehead atoms. The number of benzene rings is 1. The summed E-state index contributed by atoms with van der Waals surface area (Å²) in [6.45, 7) is 7.45. The molecule has 296 valence electrons. The van der Waals surface area contributed by atoms with E-state index in [2.05, 4.69) is 32.3 Å². The fraction of sp³-hybridized carbons (Fsp3) is 0.762. The topological polar surface area (TPSA) is 165 Å². The zero-order valence-electron chi connectivity index (χ0n) is 32.1. The molecule has 4 fully saturated rings. The van der Waals surface area contributed by atoms with E-state index in [1.54, 1.807) is 6.07 Å². The lowest BCUT2D eigenvalue weighted by Gasteiger charge is -2.55. The van der Waals surface area contributed by atoms with E-state index in [4.69, 9.17) is 20.2 Å². The Morgan fingerprint density at radius 2 is 2.00 bits per heavy atom. The standard InChI is InChI=1S/C42H62N6O6/c1-26(50)53-39-18-34(51)8-11-42(24-45-41(43)46-25-47-19-27-13-30(21-47)37-6-5-32(42)22-48(37)20-27)10-7-28-3-2-4-33-17-35(9-12-44-33)54-40-16-29(14-36(28)39)31(23-49)15-38(40)52/h15-16,27-28,30,32-37,39,44,49,51-52H,2-6,8-9,11-14,17-25H2,1H3,(H3,43,45,46). The van der Waals surface area contributed by atoms with Gasteiger partial charge in [0.25, 0.3) is 0 Å². The van der Waals surface area contributed by atoms with Crippen LogP contribution in [-0.4, -0.2) is 113 Å². The third-order valence-corrected chi connectivity index (χ3v) is 14.2. The molecule has 4 saturated heterocycles. The molecule has 7 heterocycles. The number of ether oxygens (including phenoxy) is 2. The normalized spacial score (nSPS) is 40.9. The lowest BCUT2D eigenvalue weighted by Crippen LogP contribution is -2.61. The van der Waals surface area contributed by atoms with E-state index < -0.39 is 17.6 Å². The smallest absolute Gasteiger partial charge is 0.302 e. The second-order valence-corrected chi connectivity index (χ2v) is 17.8. The first kappa shape index (κ1) is 37.8. The van der Waals surface area contributed by atoms with Gasteiger partial charge in [0.15, 0.2) is 17.5 Å². The van der Waals surface area contributed by atoms with Crippen molar-refractivity contribution in [3.63, 3.8) is 0 Å². The Morgan fingerprint density at radius 3 is 2.85 bits per heavy atom. The number of guanidine groups is 1. The van der Waals surface area contributed by atoms with Crippen LogP contribution in [0.2, 0.25) is 0 Å². The number of carbonyl (C=O) groups is 1. The maximum Gasteiger partial charge on any atom is 0.302 e. The van der Waals surface area contributed by atoms with Crippen molar-refractivity contribution in [2.75, 3.05) is 45.9 Å². The Kier molecular flexibility index (Phi) is 11.3. The number of aliphatic imine (C=N–C) groups is 1. The Hall–Kier alpha value is -3.08. The summed E-state index contributed by atoms with van der Waals surface area (Å²) in [5.41, 5.74) is 7.60. The van der Waals surface area contributed by atoms with Gasteiger partial charge in [-0.3, -0.25) is 14.6 Å². The molecule has 7 aliphatic heterocycles. The van der Waals surface area contributed by atoms with Crippen LogP contribution in [0.25, 0.3) is 0 Å². The molecule has 8 aliphatic rings. The van der Waals surface area contributed by atoms with Gasteiger partial charge in [-0.05, 0) is 112 Å². The van der Waals surface area contributed by atoms with Crippen molar-refractivity contribution in [1.82, 2.24) is 20.4 Å². The fourth-order valence-corrected chi connectivity index (χ4v) is 11.5. The minimum atomic E-state index is -0.706. The summed E-state index contributed by atoms with van der Waals surface area (Å²) in [5, 5.41) is 40.7. The van der Waals surface area contributed by atoms with Crippen molar-refractivity contribution >= 4 is 11.9 Å². The van der Waals surface area contributed by atoms with Crippen LogP contribution in [0.4, 0.5) is 0 Å². The molecule has 1 spiro atoms. The molecule has 7 N–H and O–H groups in total. The van der Waals surface area contributed by atoms with E-state index in [1.807, 2.05) is 6.07 Å². The Bertz CT molecular complexity index is 1610. The van der Waals surface area contributed by atoms with E-state index in [9.17, 15) is 20.1 Å². The molecule has 12 nitrogen and oxygen atoms in total. The number of rotatable bonds is 2. The number of hydrogen-bond acceptors (Lipinski definition) is 12. The lowest BCUT2D eigenvalue weighted by atomic mass is 9.64. The Morgan fingerprint density at radius 1 is 1.11 bits per heavy atom. The highest BCUT2D eigenvalue weighted by Crippen LogP contribution is 2.46. The van der Waals surface area contributed by atoms with Crippen LogP contribution in [0.5, 0.6) is 11.5 Å². The number of carbonyl (C=O) groups excluding carboxylic acids is 1. The van der Waals surface area contributed by atoms with E-state index >= 15 is 0 Å². The van der Waals surface area contributed by atoms with Crippen molar-refractivity contribution in [1.29, 1.82) is 0 Å². The van der Waals surface area contributed by atoms with Gasteiger partial charge in [-0.2, -0.15) is 0 Å². The van der Waals surface area contributed by atoms with Crippen LogP contribution in [0.3, 0.4) is 0 Å². The van der Waals surface area contributed by atoms with Crippen molar-refractivity contribution in [3.8, 4) is 23.3 Å². The largest absolute Gasteiger partial charge is 0.504 e. The first-order chi connectivity index (χ1) is 26.1. The molecule has 0 aromatic heterocycles. The van der Waals surface area contributed by atoms with Gasteiger partial charge < -0.3 is 41.2 Å². The van der Waals surface area contributed by atoms with E-state index in [-0.39, 0.29) is 42.3 Å². The average molecular weight is 747 g/mol. The van der Waals surface area contributed by atoms with Gasteiger partial charge in [0.1, 0.15) is 12.2 Å². The molecule has 13 atom stereocenters. The first-order valence-corrected chi connectivity index (χ1v) is 20.9. The van der Waals surface area contributed by atoms with Crippen molar-refractivity contribution in [2.24, 2.45) is 45.7 Å². The second kappa shape index (κ2) is 16.2. The van der Waals surface area contributed by atoms with E-state index in [0.717, 1.165) is 83.2 Å². The van der Waals surface area contributed by atoms with Crippen LogP contribution in [-0.2, 0) is 22.6 Å². The van der Waals surface area contributed by atoms with Gasteiger partial charge in [0.2, 0.25) is 0 Å². The van der Waals surface area contributed by atoms with E-state index in [1.165, 1.54) is 13.3 Å². The number of nitrogens with one attached hydrogen (secondary N) is 2. The third kappa shape index (κ3) is 8.22. The van der Waals surface area contributed by atoms with Gasteiger partial charge in [-0.1, -0.05) is 18.3 Å². The summed E-state index contributed by atoms with van der Waals surface area (Å²) in [5.74, 6) is 9.54. The van der Waals surface area contributed by atoms with Gasteiger partial charge in [-0.25, -0.2) is 4.99 Å². The number of nitrogens with zero attached hydrogens (tertiary/aromatic N) is 3. The predicted molar refractivity (Wildman–Crippen MR) is 205 cm³/mol. The molecule has 9 rings (SSSR count).